The number of para-hydroxylation sites is 1. The van der Waals surface area contributed by atoms with Crippen LogP contribution in [0, 0.1) is 11.7 Å². The van der Waals surface area contributed by atoms with Gasteiger partial charge >= 0.3 is 0 Å². The highest BCUT2D eigenvalue weighted by Gasteiger charge is 2.28. The van der Waals surface area contributed by atoms with Crippen molar-refractivity contribution in [2.24, 2.45) is 5.92 Å². The van der Waals surface area contributed by atoms with E-state index in [1.165, 1.54) is 24.3 Å². The first-order chi connectivity index (χ1) is 16.4. The molecule has 4 rings (SSSR count). The van der Waals surface area contributed by atoms with E-state index in [2.05, 4.69) is 10.6 Å². The summed E-state index contributed by atoms with van der Waals surface area (Å²) >= 11 is 5.89. The monoisotopic (exact) mass is 479 g/mol. The molecule has 0 aliphatic carbocycles. The average Bonchev–Trinajstić information content (AvgIpc) is 2.86. The van der Waals surface area contributed by atoms with E-state index in [0.29, 0.717) is 53.5 Å². The number of carbonyl (C=O) groups is 3. The highest BCUT2D eigenvalue weighted by atomic mass is 35.5. The first kappa shape index (κ1) is 23.4. The number of nitrogens with one attached hydrogen (secondary N) is 2. The molecule has 2 N–H and O–H groups in total. The molecule has 0 aromatic heterocycles. The first-order valence-electron chi connectivity index (χ1n) is 10.9. The average molecular weight is 480 g/mol. The van der Waals surface area contributed by atoms with Crippen molar-refractivity contribution in [2.45, 2.75) is 12.8 Å². The number of amides is 3. The molecule has 1 aliphatic heterocycles. The van der Waals surface area contributed by atoms with Crippen LogP contribution < -0.4 is 10.6 Å². The lowest BCUT2D eigenvalue weighted by Gasteiger charge is -2.31. The SMILES string of the molecule is O=C(Nc1ccc(Cl)cc1)c1ccccc1NC(=O)C1CCN(C(=O)c2ccc(F)cc2)CC1. The van der Waals surface area contributed by atoms with Crippen molar-refractivity contribution in [3.63, 3.8) is 0 Å². The van der Waals surface area contributed by atoms with Crippen LogP contribution in [0.25, 0.3) is 0 Å². The zero-order valence-electron chi connectivity index (χ0n) is 18.3. The molecule has 3 aromatic rings. The standard InChI is InChI=1S/C26H23ClFN3O3/c27-19-7-11-21(12-8-19)29-25(33)22-3-1-2-4-23(22)30-24(32)17-13-15-31(16-14-17)26(34)18-5-9-20(28)10-6-18/h1-12,17H,13-16H2,(H,29,33)(H,30,32). The Labute approximate surface area is 201 Å². The van der Waals surface area contributed by atoms with Gasteiger partial charge in [0.05, 0.1) is 11.3 Å². The number of piperidine rings is 1. The van der Waals surface area contributed by atoms with Gasteiger partial charge in [-0.05, 0) is 73.5 Å². The Morgan fingerprint density at radius 1 is 0.853 bits per heavy atom. The van der Waals surface area contributed by atoms with Crippen molar-refractivity contribution < 1.29 is 18.8 Å². The van der Waals surface area contributed by atoms with Gasteiger partial charge in [0.2, 0.25) is 5.91 Å². The Kier molecular flexibility index (Phi) is 7.23. The van der Waals surface area contributed by atoms with E-state index < -0.39 is 5.82 Å². The molecule has 0 saturated carbocycles. The number of anilines is 2. The van der Waals surface area contributed by atoms with Crippen LogP contribution in [0.4, 0.5) is 15.8 Å². The van der Waals surface area contributed by atoms with Crippen LogP contribution in [0.3, 0.4) is 0 Å². The molecule has 3 amide bonds. The van der Waals surface area contributed by atoms with Gasteiger partial charge in [-0.3, -0.25) is 14.4 Å². The highest BCUT2D eigenvalue weighted by Crippen LogP contribution is 2.24. The largest absolute Gasteiger partial charge is 0.339 e. The lowest BCUT2D eigenvalue weighted by Crippen LogP contribution is -2.41. The second kappa shape index (κ2) is 10.5. The van der Waals surface area contributed by atoms with Crippen LogP contribution >= 0.6 is 11.6 Å². The minimum absolute atomic E-state index is 0.178. The van der Waals surface area contributed by atoms with Crippen molar-refractivity contribution in [2.75, 3.05) is 23.7 Å². The quantitative estimate of drug-likeness (QED) is 0.526. The van der Waals surface area contributed by atoms with E-state index >= 15 is 0 Å². The van der Waals surface area contributed by atoms with E-state index in [9.17, 15) is 18.8 Å². The molecule has 0 unspecified atom stereocenters. The lowest BCUT2D eigenvalue weighted by atomic mass is 9.95. The van der Waals surface area contributed by atoms with E-state index in [0.717, 1.165) is 0 Å². The highest BCUT2D eigenvalue weighted by molar-refractivity contribution is 6.30. The van der Waals surface area contributed by atoms with Crippen molar-refractivity contribution in [1.29, 1.82) is 0 Å². The Morgan fingerprint density at radius 2 is 1.50 bits per heavy atom. The Hall–Kier alpha value is -3.71. The normalized spacial score (nSPS) is 13.9. The lowest BCUT2D eigenvalue weighted by molar-refractivity contribution is -0.121. The number of benzene rings is 3. The number of rotatable bonds is 5. The molecule has 174 valence electrons. The van der Waals surface area contributed by atoms with Gasteiger partial charge in [0.1, 0.15) is 5.82 Å². The molecule has 0 bridgehead atoms. The van der Waals surface area contributed by atoms with Gasteiger partial charge in [0.15, 0.2) is 0 Å². The molecular weight excluding hydrogens is 457 g/mol. The second-order valence-corrected chi connectivity index (χ2v) is 8.51. The molecule has 3 aromatic carbocycles. The van der Waals surface area contributed by atoms with Gasteiger partial charge in [-0.25, -0.2) is 4.39 Å². The number of hydrogen-bond acceptors (Lipinski definition) is 3. The summed E-state index contributed by atoms with van der Waals surface area (Å²) in [5, 5.41) is 6.24. The number of carbonyl (C=O) groups excluding carboxylic acids is 3. The molecule has 34 heavy (non-hydrogen) atoms. The summed E-state index contributed by atoms with van der Waals surface area (Å²) in [6, 6.07) is 19.0. The maximum absolute atomic E-state index is 13.1. The fourth-order valence-corrected chi connectivity index (χ4v) is 4.00. The predicted molar refractivity (Wildman–Crippen MR) is 130 cm³/mol. The smallest absolute Gasteiger partial charge is 0.257 e. The minimum Gasteiger partial charge on any atom is -0.339 e. The summed E-state index contributed by atoms with van der Waals surface area (Å²) < 4.78 is 13.1. The third-order valence-electron chi connectivity index (χ3n) is 5.78. The Bertz CT molecular complexity index is 1190. The van der Waals surface area contributed by atoms with Crippen LogP contribution in [0.1, 0.15) is 33.6 Å². The van der Waals surface area contributed by atoms with Crippen molar-refractivity contribution in [3.8, 4) is 0 Å². The van der Waals surface area contributed by atoms with Crippen molar-refractivity contribution >= 4 is 40.7 Å². The van der Waals surface area contributed by atoms with E-state index in [-0.39, 0.29) is 23.6 Å². The number of likely N-dealkylation sites (tertiary alicyclic amines) is 1. The summed E-state index contributed by atoms with van der Waals surface area (Å²) in [4.78, 5) is 40.0. The van der Waals surface area contributed by atoms with E-state index in [4.69, 9.17) is 11.6 Å². The summed E-state index contributed by atoms with van der Waals surface area (Å²) in [6.45, 7) is 0.847. The molecule has 0 atom stereocenters. The van der Waals surface area contributed by atoms with Gasteiger partial charge in [-0.15, -0.1) is 0 Å². The van der Waals surface area contributed by atoms with Crippen molar-refractivity contribution in [1.82, 2.24) is 4.90 Å². The van der Waals surface area contributed by atoms with Gasteiger partial charge in [0.25, 0.3) is 11.8 Å². The summed E-state index contributed by atoms with van der Waals surface area (Å²) in [6.07, 6.45) is 0.996. The van der Waals surface area contributed by atoms with Crippen LogP contribution in [0.2, 0.25) is 5.02 Å². The van der Waals surface area contributed by atoms with Crippen LogP contribution in [0.15, 0.2) is 72.8 Å². The fraction of sp³-hybridized carbons (Fsp3) is 0.192. The molecule has 0 radical (unpaired) electrons. The van der Waals surface area contributed by atoms with Crippen LogP contribution in [-0.2, 0) is 4.79 Å². The Balaban J connectivity index is 1.36. The topological polar surface area (TPSA) is 78.5 Å². The zero-order valence-corrected chi connectivity index (χ0v) is 19.0. The van der Waals surface area contributed by atoms with Gasteiger partial charge < -0.3 is 15.5 Å². The molecule has 1 heterocycles. The molecule has 1 fully saturated rings. The van der Waals surface area contributed by atoms with E-state index in [1.807, 2.05) is 0 Å². The molecule has 6 nitrogen and oxygen atoms in total. The second-order valence-electron chi connectivity index (χ2n) is 8.07. The van der Waals surface area contributed by atoms with Gasteiger partial charge in [0, 0.05) is 35.3 Å². The maximum Gasteiger partial charge on any atom is 0.257 e. The van der Waals surface area contributed by atoms with E-state index in [1.54, 1.807) is 53.4 Å². The maximum atomic E-state index is 13.1. The zero-order chi connectivity index (χ0) is 24.1. The predicted octanol–water partition coefficient (Wildman–Crippen LogP) is 5.22. The molecule has 1 aliphatic rings. The van der Waals surface area contributed by atoms with Crippen molar-refractivity contribution in [3.05, 3.63) is 94.8 Å². The number of halogens is 2. The minimum atomic E-state index is -0.394. The molecule has 8 heteroatoms. The number of nitrogens with zero attached hydrogens (tertiary/aromatic N) is 1. The first-order valence-corrected chi connectivity index (χ1v) is 11.3. The van der Waals surface area contributed by atoms with Gasteiger partial charge in [-0.1, -0.05) is 23.7 Å². The number of hydrogen-bond donors (Lipinski definition) is 2. The van der Waals surface area contributed by atoms with Gasteiger partial charge in [-0.2, -0.15) is 0 Å². The third-order valence-corrected chi connectivity index (χ3v) is 6.03. The van der Waals surface area contributed by atoms with Crippen LogP contribution in [0.5, 0.6) is 0 Å². The fourth-order valence-electron chi connectivity index (χ4n) is 3.88. The summed E-state index contributed by atoms with van der Waals surface area (Å²) in [7, 11) is 0. The summed E-state index contributed by atoms with van der Waals surface area (Å²) in [5.74, 6) is -1.40. The van der Waals surface area contributed by atoms with Crippen LogP contribution in [-0.4, -0.2) is 35.7 Å². The summed E-state index contributed by atoms with van der Waals surface area (Å²) in [5.41, 5.74) is 1.78. The molecule has 0 spiro atoms. The molecule has 1 saturated heterocycles. The molecular formula is C26H23ClFN3O3. The Morgan fingerprint density at radius 3 is 2.18 bits per heavy atom. The third kappa shape index (κ3) is 5.61.